The molecule has 0 radical (unpaired) electrons. The van der Waals surface area contributed by atoms with Crippen molar-refractivity contribution >= 4 is 50.1 Å². The molecule has 0 unspecified atom stereocenters. The molecule has 2 heterocycles. The second-order valence-corrected chi connectivity index (χ2v) is 10.2. The molecule has 0 aliphatic heterocycles. The Morgan fingerprint density at radius 3 is 2.47 bits per heavy atom. The van der Waals surface area contributed by atoms with Crippen molar-refractivity contribution in [2.24, 2.45) is 0 Å². The number of methoxy groups -OCH3 is 2. The number of rotatable bonds is 7. The average Bonchev–Trinajstić information content (AvgIpc) is 3.35. The quantitative estimate of drug-likeness (QED) is 0.368. The highest BCUT2D eigenvalue weighted by atomic mass is 35.5. The lowest BCUT2D eigenvalue weighted by atomic mass is 10.1. The van der Waals surface area contributed by atoms with Gasteiger partial charge in [0.15, 0.2) is 0 Å². The van der Waals surface area contributed by atoms with E-state index in [0.717, 1.165) is 17.6 Å². The summed E-state index contributed by atoms with van der Waals surface area (Å²) >= 11 is 7.03. The number of amides is 1. The Labute approximate surface area is 205 Å². The Morgan fingerprint density at radius 1 is 1.24 bits per heavy atom. The van der Waals surface area contributed by atoms with E-state index in [4.69, 9.17) is 21.1 Å². The standard InChI is InChI=1S/C21H20ClN5O5S2/c1-11-6-13(12(2)27(11)16-8-15(22)17(31-3)9-18(16)32-4)7-14(10-23)19(28)24-20-25-21(26-33-20)34(5,29)30/h6-9H,1-5H3,(H,24,25,26,28)/b14-7-. The van der Waals surface area contributed by atoms with Crippen molar-refractivity contribution < 1.29 is 22.7 Å². The minimum Gasteiger partial charge on any atom is -0.495 e. The smallest absolute Gasteiger partial charge is 0.268 e. The fourth-order valence-corrected chi connectivity index (χ4v) is 4.88. The monoisotopic (exact) mass is 521 g/mol. The number of halogens is 1. The van der Waals surface area contributed by atoms with Gasteiger partial charge in [0, 0.05) is 35.2 Å². The molecule has 0 bridgehead atoms. The van der Waals surface area contributed by atoms with Crippen molar-refractivity contribution in [2.75, 3.05) is 25.8 Å². The van der Waals surface area contributed by atoms with E-state index in [1.54, 1.807) is 12.1 Å². The molecule has 10 nitrogen and oxygen atoms in total. The molecule has 34 heavy (non-hydrogen) atoms. The largest absolute Gasteiger partial charge is 0.495 e. The number of nitrogens with one attached hydrogen (secondary N) is 1. The van der Waals surface area contributed by atoms with Gasteiger partial charge in [-0.25, -0.2) is 8.42 Å². The number of hydrogen-bond donors (Lipinski definition) is 1. The summed E-state index contributed by atoms with van der Waals surface area (Å²) in [5.41, 5.74) is 2.62. The third kappa shape index (κ3) is 5.06. The highest BCUT2D eigenvalue weighted by Crippen LogP contribution is 2.37. The van der Waals surface area contributed by atoms with E-state index in [9.17, 15) is 18.5 Å². The first-order valence-corrected chi connectivity index (χ1v) is 12.6. The molecule has 178 valence electrons. The summed E-state index contributed by atoms with van der Waals surface area (Å²) in [6.45, 7) is 3.69. The summed E-state index contributed by atoms with van der Waals surface area (Å²) in [6, 6.07) is 7.06. The molecule has 0 aliphatic carbocycles. The van der Waals surface area contributed by atoms with Crippen molar-refractivity contribution in [3.8, 4) is 23.3 Å². The van der Waals surface area contributed by atoms with Gasteiger partial charge in [0.05, 0.1) is 24.9 Å². The van der Waals surface area contributed by atoms with Crippen LogP contribution in [0.1, 0.15) is 17.0 Å². The molecule has 1 N–H and O–H groups in total. The second kappa shape index (κ2) is 9.84. The van der Waals surface area contributed by atoms with Crippen LogP contribution in [0.5, 0.6) is 11.5 Å². The number of ether oxygens (including phenoxy) is 2. The van der Waals surface area contributed by atoms with Gasteiger partial charge in [0.2, 0.25) is 15.0 Å². The molecule has 0 fully saturated rings. The van der Waals surface area contributed by atoms with E-state index in [-0.39, 0.29) is 10.7 Å². The summed E-state index contributed by atoms with van der Waals surface area (Å²) < 4.78 is 39.4. The first-order valence-electron chi connectivity index (χ1n) is 9.57. The molecule has 2 aromatic heterocycles. The van der Waals surface area contributed by atoms with Crippen molar-refractivity contribution in [1.29, 1.82) is 5.26 Å². The Bertz CT molecular complexity index is 1450. The molecule has 3 aromatic rings. The summed E-state index contributed by atoms with van der Waals surface area (Å²) in [4.78, 5) is 16.4. The number of aryl methyl sites for hydroxylation is 1. The maximum absolute atomic E-state index is 12.6. The van der Waals surface area contributed by atoms with Gasteiger partial charge in [0.25, 0.3) is 11.1 Å². The number of anilines is 1. The van der Waals surface area contributed by atoms with Gasteiger partial charge < -0.3 is 14.0 Å². The van der Waals surface area contributed by atoms with Crippen LogP contribution >= 0.6 is 23.1 Å². The summed E-state index contributed by atoms with van der Waals surface area (Å²) in [5.74, 6) is 0.243. The minimum atomic E-state index is -3.61. The molecule has 0 saturated carbocycles. The van der Waals surface area contributed by atoms with Crippen LogP contribution in [-0.2, 0) is 14.6 Å². The maximum Gasteiger partial charge on any atom is 0.268 e. The van der Waals surface area contributed by atoms with Gasteiger partial charge in [-0.05, 0) is 37.6 Å². The SMILES string of the molecule is COc1cc(OC)c(-n2c(C)cc(/C=C(/C#N)C(=O)Nc3nc(S(C)(=O)=O)ns3)c2C)cc1Cl. The zero-order valence-electron chi connectivity index (χ0n) is 18.8. The third-order valence-corrected chi connectivity index (χ3v) is 6.68. The zero-order chi connectivity index (χ0) is 25.2. The second-order valence-electron chi connectivity index (χ2n) is 7.10. The van der Waals surface area contributed by atoms with Crippen molar-refractivity contribution in [3.05, 3.63) is 45.7 Å². The highest BCUT2D eigenvalue weighted by molar-refractivity contribution is 7.90. The van der Waals surface area contributed by atoms with Crippen LogP contribution in [0.2, 0.25) is 5.02 Å². The molecular weight excluding hydrogens is 502 g/mol. The normalized spacial score (nSPS) is 11.7. The average molecular weight is 522 g/mol. The predicted molar refractivity (Wildman–Crippen MR) is 129 cm³/mol. The van der Waals surface area contributed by atoms with E-state index in [0.29, 0.717) is 39.3 Å². The molecular formula is C21H20ClN5O5S2. The highest BCUT2D eigenvalue weighted by Gasteiger charge is 2.20. The molecule has 0 atom stereocenters. The summed E-state index contributed by atoms with van der Waals surface area (Å²) in [5, 5.41) is 11.9. The molecule has 1 aromatic carbocycles. The lowest BCUT2D eigenvalue weighted by molar-refractivity contribution is -0.112. The Morgan fingerprint density at radius 2 is 1.91 bits per heavy atom. The molecule has 3 rings (SSSR count). The first kappa shape index (κ1) is 25.2. The number of nitriles is 1. The van der Waals surface area contributed by atoms with Crippen LogP contribution in [-0.4, -0.2) is 48.7 Å². The van der Waals surface area contributed by atoms with Gasteiger partial charge >= 0.3 is 0 Å². The van der Waals surface area contributed by atoms with Gasteiger partial charge in [-0.15, -0.1) is 0 Å². The minimum absolute atomic E-state index is 0.0327. The van der Waals surface area contributed by atoms with Crippen LogP contribution in [0.25, 0.3) is 11.8 Å². The van der Waals surface area contributed by atoms with E-state index in [1.165, 1.54) is 20.3 Å². The molecule has 0 aliphatic rings. The van der Waals surface area contributed by atoms with E-state index in [1.807, 2.05) is 30.6 Å². The first-order chi connectivity index (χ1) is 16.0. The van der Waals surface area contributed by atoms with E-state index >= 15 is 0 Å². The van der Waals surface area contributed by atoms with Crippen molar-refractivity contribution in [3.63, 3.8) is 0 Å². The van der Waals surface area contributed by atoms with Crippen LogP contribution in [0, 0.1) is 25.2 Å². The van der Waals surface area contributed by atoms with Crippen LogP contribution in [0.4, 0.5) is 5.13 Å². The fourth-order valence-electron chi connectivity index (χ4n) is 3.20. The van der Waals surface area contributed by atoms with Crippen LogP contribution in [0.3, 0.4) is 0 Å². The number of carbonyl (C=O) groups is 1. The topological polar surface area (TPSA) is 136 Å². The molecule has 0 spiro atoms. The number of hydrogen-bond acceptors (Lipinski definition) is 9. The lowest BCUT2D eigenvalue weighted by Gasteiger charge is -2.16. The van der Waals surface area contributed by atoms with Crippen molar-refractivity contribution in [2.45, 2.75) is 19.0 Å². The van der Waals surface area contributed by atoms with E-state index in [2.05, 4.69) is 14.7 Å². The zero-order valence-corrected chi connectivity index (χ0v) is 21.2. The number of carbonyl (C=O) groups excluding carboxylic acids is 1. The van der Waals surface area contributed by atoms with Gasteiger partial charge in [-0.2, -0.15) is 14.6 Å². The fraction of sp³-hybridized carbons (Fsp3) is 0.238. The number of benzene rings is 1. The Kier molecular flexibility index (Phi) is 7.30. The van der Waals surface area contributed by atoms with Crippen molar-refractivity contribution in [1.82, 2.24) is 13.9 Å². The number of nitrogens with zero attached hydrogens (tertiary/aromatic N) is 4. The predicted octanol–water partition coefficient (Wildman–Crippen LogP) is 3.57. The number of sulfone groups is 1. The van der Waals surface area contributed by atoms with Gasteiger partial charge in [0.1, 0.15) is 23.1 Å². The Hall–Kier alpha value is -3.40. The van der Waals surface area contributed by atoms with Crippen LogP contribution < -0.4 is 14.8 Å². The van der Waals surface area contributed by atoms with Gasteiger partial charge in [-0.3, -0.25) is 10.1 Å². The lowest BCUT2D eigenvalue weighted by Crippen LogP contribution is -2.13. The summed E-state index contributed by atoms with van der Waals surface area (Å²) in [6.07, 6.45) is 2.40. The molecule has 0 saturated heterocycles. The van der Waals surface area contributed by atoms with E-state index < -0.39 is 20.9 Å². The van der Waals surface area contributed by atoms with Gasteiger partial charge in [-0.1, -0.05) is 11.6 Å². The third-order valence-electron chi connectivity index (χ3n) is 4.79. The Balaban J connectivity index is 1.98. The molecule has 1 amide bonds. The molecule has 13 heteroatoms. The van der Waals surface area contributed by atoms with Crippen LogP contribution in [0.15, 0.2) is 28.9 Å². The number of aromatic nitrogens is 3. The maximum atomic E-state index is 12.6. The summed E-state index contributed by atoms with van der Waals surface area (Å²) in [7, 11) is -0.575.